The second kappa shape index (κ2) is 9.46. The Morgan fingerprint density at radius 1 is 0.897 bits per heavy atom. The van der Waals surface area contributed by atoms with Gasteiger partial charge in [-0.1, -0.05) is 54.6 Å². The highest BCUT2D eigenvalue weighted by Crippen LogP contribution is 2.36. The molecule has 2 radical (unpaired) electrons. The number of benzene rings is 4. The summed E-state index contributed by atoms with van der Waals surface area (Å²) in [6.07, 6.45) is 3.40. The molecule has 29 heavy (non-hydrogen) atoms. The molecule has 4 aromatic carbocycles. The van der Waals surface area contributed by atoms with Crippen molar-refractivity contribution in [3.63, 3.8) is 0 Å². The van der Waals surface area contributed by atoms with Gasteiger partial charge in [0.2, 0.25) is 0 Å². The fourth-order valence-electron chi connectivity index (χ4n) is 3.99. The predicted molar refractivity (Wildman–Crippen MR) is 123 cm³/mol. The number of aryl methyl sites for hydroxylation is 1. The van der Waals surface area contributed by atoms with Crippen molar-refractivity contribution < 1.29 is 9.53 Å². The lowest BCUT2D eigenvalue weighted by atomic mass is 9.91. The van der Waals surface area contributed by atoms with Gasteiger partial charge in [-0.3, -0.25) is 0 Å². The summed E-state index contributed by atoms with van der Waals surface area (Å²) in [5, 5.41) is 10.7. The molecular weight excluding hydrogens is 398 g/mol. The average molecular weight is 422 g/mol. The van der Waals surface area contributed by atoms with Gasteiger partial charge in [-0.2, -0.15) is 11.1 Å². The number of carbonyl (C=O) groups excluding carboxylic acids is 1. The van der Waals surface area contributed by atoms with Crippen molar-refractivity contribution in [2.75, 3.05) is 13.2 Å². The zero-order chi connectivity index (χ0) is 20.1. The number of halogens is 1. The monoisotopic (exact) mass is 421 g/mol. The first kappa shape index (κ1) is 20.0. The maximum Gasteiger partial charge on any atom is 0.407 e. The maximum atomic E-state index is 11.6. The third-order valence-corrected chi connectivity index (χ3v) is 6.52. The summed E-state index contributed by atoms with van der Waals surface area (Å²) in [6, 6.07) is 20.8. The largest absolute Gasteiger partial charge is 0.450 e. The molecule has 4 rings (SSSR count). The molecule has 3 nitrogen and oxygen atoms in total. The first-order valence-electron chi connectivity index (χ1n) is 10.2. The van der Waals surface area contributed by atoms with Crippen LogP contribution in [0.4, 0.5) is 4.79 Å². The van der Waals surface area contributed by atoms with E-state index in [0.29, 0.717) is 22.0 Å². The summed E-state index contributed by atoms with van der Waals surface area (Å²) in [7, 11) is 0.414. The van der Waals surface area contributed by atoms with E-state index in [0.717, 1.165) is 31.7 Å². The first-order valence-corrected chi connectivity index (χ1v) is 12.4. The number of unbranched alkanes of at least 4 members (excludes halogenated alkanes) is 1. The van der Waals surface area contributed by atoms with Crippen LogP contribution < -0.4 is 5.32 Å². The molecule has 0 aliphatic heterocycles. The molecular formula is C24H24ClNO2Si. The van der Waals surface area contributed by atoms with E-state index in [1.807, 2.05) is 0 Å². The molecule has 0 saturated heterocycles. The summed E-state index contributed by atoms with van der Waals surface area (Å²) in [6.45, 7) is 1.08. The molecule has 0 spiro atoms. The third-order valence-electron chi connectivity index (χ3n) is 5.41. The van der Waals surface area contributed by atoms with E-state index in [4.69, 9.17) is 15.8 Å². The number of rotatable bonds is 9. The standard InChI is InChI=1S/C24H24ClNO2Si/c25-29-16-4-14-26-24(27)28-15-2-1-5-17-8-9-20-11-10-18-6-3-7-19-12-13-21(17)23(20)22(18)19/h3,6-13H,1-2,4-5,14-16H2,(H,26,27). The lowest BCUT2D eigenvalue weighted by Crippen LogP contribution is -2.25. The number of hydrogen-bond acceptors (Lipinski definition) is 2. The van der Waals surface area contributed by atoms with Crippen molar-refractivity contribution in [3.8, 4) is 0 Å². The Labute approximate surface area is 178 Å². The summed E-state index contributed by atoms with van der Waals surface area (Å²) >= 11 is 5.65. The van der Waals surface area contributed by atoms with E-state index in [2.05, 4.69) is 59.9 Å². The van der Waals surface area contributed by atoms with Crippen LogP contribution in [-0.4, -0.2) is 28.1 Å². The van der Waals surface area contributed by atoms with E-state index >= 15 is 0 Å². The normalized spacial score (nSPS) is 11.5. The maximum absolute atomic E-state index is 11.6. The molecule has 1 N–H and O–H groups in total. The van der Waals surface area contributed by atoms with E-state index < -0.39 is 0 Å². The number of amides is 1. The third kappa shape index (κ3) is 4.49. The van der Waals surface area contributed by atoms with Crippen molar-refractivity contribution in [2.45, 2.75) is 31.7 Å². The van der Waals surface area contributed by atoms with E-state index in [-0.39, 0.29) is 6.09 Å². The van der Waals surface area contributed by atoms with Crippen molar-refractivity contribution in [3.05, 3.63) is 60.2 Å². The molecule has 0 saturated carbocycles. The minimum absolute atomic E-state index is 0.328. The van der Waals surface area contributed by atoms with Crippen LogP contribution in [0.3, 0.4) is 0 Å². The number of carbonyl (C=O) groups is 1. The van der Waals surface area contributed by atoms with Crippen LogP contribution in [0.1, 0.15) is 24.8 Å². The summed E-state index contributed by atoms with van der Waals surface area (Å²) < 4.78 is 5.26. The highest BCUT2D eigenvalue weighted by atomic mass is 35.6. The van der Waals surface area contributed by atoms with E-state index in [1.165, 1.54) is 37.9 Å². The number of nitrogens with one attached hydrogen (secondary N) is 1. The molecule has 0 unspecified atom stereocenters. The molecule has 1 amide bonds. The molecule has 0 aliphatic carbocycles. The van der Waals surface area contributed by atoms with E-state index in [1.54, 1.807) is 0 Å². The molecule has 148 valence electrons. The molecule has 0 atom stereocenters. The molecule has 0 bridgehead atoms. The SMILES string of the molecule is O=C(NCCC[Si]Cl)OCCCCc1ccc2ccc3cccc4ccc1c2c34. The van der Waals surface area contributed by atoms with Crippen LogP contribution in [0.5, 0.6) is 0 Å². The Morgan fingerprint density at radius 2 is 1.62 bits per heavy atom. The van der Waals surface area contributed by atoms with Crippen molar-refractivity contribution in [2.24, 2.45) is 0 Å². The van der Waals surface area contributed by atoms with Crippen molar-refractivity contribution in [1.82, 2.24) is 5.32 Å². The van der Waals surface area contributed by atoms with Crippen molar-refractivity contribution >= 4 is 58.3 Å². The quantitative estimate of drug-likeness (QED) is 0.149. The molecule has 0 aromatic heterocycles. The zero-order valence-corrected chi connectivity index (χ0v) is 18.1. The molecule has 0 heterocycles. The predicted octanol–water partition coefficient (Wildman–Crippen LogP) is 6.30. The molecule has 4 aromatic rings. The van der Waals surface area contributed by atoms with E-state index in [9.17, 15) is 4.79 Å². The first-order chi connectivity index (χ1) is 14.3. The second-order valence-electron chi connectivity index (χ2n) is 7.34. The second-order valence-corrected chi connectivity index (χ2v) is 8.91. The smallest absolute Gasteiger partial charge is 0.407 e. The van der Waals surface area contributed by atoms with Crippen LogP contribution >= 0.6 is 11.1 Å². The molecule has 0 aliphatic rings. The van der Waals surface area contributed by atoms with Crippen LogP contribution in [0.2, 0.25) is 6.04 Å². The summed E-state index contributed by atoms with van der Waals surface area (Å²) in [5.41, 5.74) is 1.36. The highest BCUT2D eigenvalue weighted by molar-refractivity contribution is 6.93. The lowest BCUT2D eigenvalue weighted by molar-refractivity contribution is 0.144. The van der Waals surface area contributed by atoms with Crippen LogP contribution in [0.15, 0.2) is 54.6 Å². The van der Waals surface area contributed by atoms with Crippen LogP contribution in [0, 0.1) is 0 Å². The number of ether oxygens (including phenoxy) is 1. The summed E-state index contributed by atoms with van der Waals surface area (Å²) in [5.74, 6) is 0. The average Bonchev–Trinajstić information content (AvgIpc) is 2.75. The zero-order valence-electron chi connectivity index (χ0n) is 16.3. The lowest BCUT2D eigenvalue weighted by Gasteiger charge is -2.14. The Hall–Kier alpha value is -2.30. The van der Waals surface area contributed by atoms with Gasteiger partial charge in [-0.25, -0.2) is 4.79 Å². The summed E-state index contributed by atoms with van der Waals surface area (Å²) in [4.78, 5) is 11.6. The van der Waals surface area contributed by atoms with Crippen LogP contribution in [0.25, 0.3) is 32.3 Å². The fourth-order valence-corrected chi connectivity index (χ4v) is 4.70. The Bertz CT molecular complexity index is 1100. The van der Waals surface area contributed by atoms with Gasteiger partial charge in [0.15, 0.2) is 8.83 Å². The van der Waals surface area contributed by atoms with Gasteiger partial charge in [0, 0.05) is 6.54 Å². The highest BCUT2D eigenvalue weighted by Gasteiger charge is 2.10. The van der Waals surface area contributed by atoms with Crippen molar-refractivity contribution in [1.29, 1.82) is 0 Å². The Balaban J connectivity index is 1.37. The van der Waals surface area contributed by atoms with Gasteiger partial charge < -0.3 is 10.1 Å². The van der Waals surface area contributed by atoms with Gasteiger partial charge in [0.1, 0.15) is 0 Å². The Morgan fingerprint density at radius 3 is 2.41 bits per heavy atom. The van der Waals surface area contributed by atoms with Gasteiger partial charge in [-0.05, 0) is 69.6 Å². The van der Waals surface area contributed by atoms with Gasteiger partial charge in [0.25, 0.3) is 0 Å². The molecule has 0 fully saturated rings. The Kier molecular flexibility index (Phi) is 6.52. The number of hydrogen-bond donors (Lipinski definition) is 1. The van der Waals surface area contributed by atoms with Gasteiger partial charge >= 0.3 is 6.09 Å². The van der Waals surface area contributed by atoms with Gasteiger partial charge in [0.05, 0.1) is 6.61 Å². The topological polar surface area (TPSA) is 38.3 Å². The fraction of sp³-hybridized carbons (Fsp3) is 0.292. The van der Waals surface area contributed by atoms with Crippen LogP contribution in [-0.2, 0) is 11.2 Å². The molecule has 5 heteroatoms. The number of alkyl carbamates (subject to hydrolysis) is 1. The van der Waals surface area contributed by atoms with Gasteiger partial charge in [-0.15, -0.1) is 0 Å². The minimum Gasteiger partial charge on any atom is -0.450 e. The minimum atomic E-state index is -0.328.